The molecule has 1 aliphatic heterocycles. The standard InChI is InChI=1S/C10H12F3N5O/c11-10(12,13)7-16-15-6-5-17(3-4-18(6)7)8(19)9(14)1-2-9/h1-5,14H2. The molecular formula is C10H12F3N5O. The number of nitrogens with zero attached hydrogens (tertiary/aromatic N) is 4. The Morgan fingerprint density at radius 2 is 1.95 bits per heavy atom. The SMILES string of the molecule is NC1(C(=O)N2CCn3c(nnc3C(F)(F)F)C2)CC1. The van der Waals surface area contributed by atoms with Crippen molar-refractivity contribution in [2.45, 2.75) is 37.6 Å². The highest BCUT2D eigenvalue weighted by Gasteiger charge is 2.49. The minimum atomic E-state index is -4.52. The first-order valence-electron chi connectivity index (χ1n) is 5.89. The van der Waals surface area contributed by atoms with Gasteiger partial charge in [-0.3, -0.25) is 4.79 Å². The maximum absolute atomic E-state index is 12.6. The molecule has 1 aliphatic carbocycles. The highest BCUT2D eigenvalue weighted by molar-refractivity contribution is 5.89. The zero-order valence-electron chi connectivity index (χ0n) is 9.94. The third-order valence-electron chi connectivity index (χ3n) is 3.51. The van der Waals surface area contributed by atoms with Gasteiger partial charge in [0.15, 0.2) is 5.82 Å². The van der Waals surface area contributed by atoms with Crippen LogP contribution in [0.3, 0.4) is 0 Å². The van der Waals surface area contributed by atoms with E-state index in [-0.39, 0.29) is 31.4 Å². The quantitative estimate of drug-likeness (QED) is 0.790. The molecule has 3 rings (SSSR count). The van der Waals surface area contributed by atoms with Crippen molar-refractivity contribution in [2.24, 2.45) is 5.73 Å². The average Bonchev–Trinajstić information content (AvgIpc) is 2.93. The van der Waals surface area contributed by atoms with Crippen molar-refractivity contribution in [3.8, 4) is 0 Å². The van der Waals surface area contributed by atoms with Crippen LogP contribution in [0.2, 0.25) is 0 Å². The molecule has 0 saturated heterocycles. The van der Waals surface area contributed by atoms with Gasteiger partial charge >= 0.3 is 6.18 Å². The molecule has 2 N–H and O–H groups in total. The molecule has 2 heterocycles. The van der Waals surface area contributed by atoms with E-state index in [1.165, 1.54) is 4.90 Å². The number of carbonyl (C=O) groups is 1. The molecule has 19 heavy (non-hydrogen) atoms. The molecule has 0 bridgehead atoms. The number of hydrogen-bond donors (Lipinski definition) is 1. The molecule has 1 aromatic rings. The first-order chi connectivity index (χ1) is 8.81. The third kappa shape index (κ3) is 1.97. The van der Waals surface area contributed by atoms with E-state index in [0.717, 1.165) is 4.57 Å². The van der Waals surface area contributed by atoms with Crippen LogP contribution in [0.15, 0.2) is 0 Å². The topological polar surface area (TPSA) is 77.0 Å². The maximum Gasteiger partial charge on any atom is 0.451 e. The summed E-state index contributed by atoms with van der Waals surface area (Å²) in [6, 6.07) is 0. The predicted octanol–water partition coefficient (Wildman–Crippen LogP) is 0.130. The minimum absolute atomic E-state index is 0.0286. The molecule has 1 amide bonds. The highest BCUT2D eigenvalue weighted by atomic mass is 19.4. The first-order valence-corrected chi connectivity index (χ1v) is 5.89. The Bertz CT molecular complexity index is 534. The summed E-state index contributed by atoms with van der Waals surface area (Å²) < 4.78 is 38.9. The minimum Gasteiger partial charge on any atom is -0.332 e. The van der Waals surface area contributed by atoms with Gasteiger partial charge in [-0.2, -0.15) is 13.2 Å². The smallest absolute Gasteiger partial charge is 0.332 e. The van der Waals surface area contributed by atoms with E-state index in [0.29, 0.717) is 12.8 Å². The van der Waals surface area contributed by atoms with Crippen LogP contribution in [-0.4, -0.2) is 37.7 Å². The Kier molecular flexibility index (Phi) is 2.40. The van der Waals surface area contributed by atoms with Crippen molar-refractivity contribution in [3.63, 3.8) is 0 Å². The normalized spacial score (nSPS) is 21.2. The van der Waals surface area contributed by atoms with Gasteiger partial charge in [-0.1, -0.05) is 0 Å². The molecule has 2 aliphatic rings. The largest absolute Gasteiger partial charge is 0.451 e. The van der Waals surface area contributed by atoms with E-state index < -0.39 is 17.5 Å². The van der Waals surface area contributed by atoms with Crippen LogP contribution >= 0.6 is 0 Å². The van der Waals surface area contributed by atoms with Crippen LogP contribution < -0.4 is 5.73 Å². The van der Waals surface area contributed by atoms with Crippen LogP contribution in [0.25, 0.3) is 0 Å². The van der Waals surface area contributed by atoms with Gasteiger partial charge in [-0.15, -0.1) is 10.2 Å². The monoisotopic (exact) mass is 275 g/mol. The number of amides is 1. The number of aromatic nitrogens is 3. The Labute approximate surface area is 106 Å². The summed E-state index contributed by atoms with van der Waals surface area (Å²) in [4.78, 5) is 13.5. The molecule has 0 atom stereocenters. The van der Waals surface area contributed by atoms with E-state index in [4.69, 9.17) is 5.73 Å². The van der Waals surface area contributed by atoms with E-state index in [1.54, 1.807) is 0 Å². The molecular weight excluding hydrogens is 263 g/mol. The Morgan fingerprint density at radius 3 is 2.53 bits per heavy atom. The molecule has 1 saturated carbocycles. The molecule has 1 fully saturated rings. The summed E-state index contributed by atoms with van der Waals surface area (Å²) in [7, 11) is 0. The van der Waals surface area contributed by atoms with E-state index >= 15 is 0 Å². The Balaban J connectivity index is 1.82. The van der Waals surface area contributed by atoms with E-state index in [2.05, 4.69) is 10.2 Å². The Morgan fingerprint density at radius 1 is 1.26 bits per heavy atom. The molecule has 0 spiro atoms. The zero-order valence-corrected chi connectivity index (χ0v) is 9.94. The second-order valence-electron chi connectivity index (χ2n) is 4.97. The molecule has 6 nitrogen and oxygen atoms in total. The molecule has 104 valence electrons. The number of halogens is 3. The lowest BCUT2D eigenvalue weighted by Gasteiger charge is -2.30. The first kappa shape index (κ1) is 12.4. The fourth-order valence-corrected chi connectivity index (χ4v) is 2.20. The second kappa shape index (κ2) is 3.69. The van der Waals surface area contributed by atoms with Gasteiger partial charge in [0.2, 0.25) is 11.7 Å². The van der Waals surface area contributed by atoms with Crippen molar-refractivity contribution in [2.75, 3.05) is 6.54 Å². The van der Waals surface area contributed by atoms with Crippen molar-refractivity contribution in [3.05, 3.63) is 11.6 Å². The average molecular weight is 275 g/mol. The Hall–Kier alpha value is -1.64. The molecule has 1 aromatic heterocycles. The number of rotatable bonds is 1. The number of fused-ring (bicyclic) bond motifs is 1. The van der Waals surface area contributed by atoms with Gasteiger partial charge in [0, 0.05) is 13.1 Å². The van der Waals surface area contributed by atoms with E-state index in [9.17, 15) is 18.0 Å². The van der Waals surface area contributed by atoms with Gasteiger partial charge in [0.05, 0.1) is 12.1 Å². The van der Waals surface area contributed by atoms with Crippen LogP contribution in [0, 0.1) is 0 Å². The number of carbonyl (C=O) groups excluding carboxylic acids is 1. The van der Waals surface area contributed by atoms with Gasteiger partial charge in [-0.05, 0) is 12.8 Å². The molecule has 0 aromatic carbocycles. The van der Waals surface area contributed by atoms with Gasteiger partial charge in [-0.25, -0.2) is 0 Å². The fourth-order valence-electron chi connectivity index (χ4n) is 2.20. The second-order valence-corrected chi connectivity index (χ2v) is 4.97. The lowest BCUT2D eigenvalue weighted by Crippen LogP contribution is -2.48. The summed E-state index contributed by atoms with van der Waals surface area (Å²) in [5.74, 6) is -1.07. The van der Waals surface area contributed by atoms with Crippen LogP contribution in [0.5, 0.6) is 0 Å². The number of hydrogen-bond acceptors (Lipinski definition) is 4. The van der Waals surface area contributed by atoms with Crippen molar-refractivity contribution in [1.82, 2.24) is 19.7 Å². The summed E-state index contributed by atoms with van der Waals surface area (Å²) in [5, 5.41) is 6.68. The third-order valence-corrected chi connectivity index (χ3v) is 3.51. The van der Waals surface area contributed by atoms with Gasteiger partial charge in [0.25, 0.3) is 0 Å². The van der Waals surface area contributed by atoms with Crippen LogP contribution in [-0.2, 0) is 24.1 Å². The highest BCUT2D eigenvalue weighted by Crippen LogP contribution is 2.35. The lowest BCUT2D eigenvalue weighted by atomic mass is 10.2. The van der Waals surface area contributed by atoms with Gasteiger partial charge in [0.1, 0.15) is 0 Å². The van der Waals surface area contributed by atoms with Crippen molar-refractivity contribution in [1.29, 1.82) is 0 Å². The number of alkyl halides is 3. The lowest BCUT2D eigenvalue weighted by molar-refractivity contribution is -0.148. The van der Waals surface area contributed by atoms with Crippen LogP contribution in [0.4, 0.5) is 13.2 Å². The van der Waals surface area contributed by atoms with E-state index in [1.807, 2.05) is 0 Å². The number of nitrogens with two attached hydrogens (primary N) is 1. The fraction of sp³-hybridized carbons (Fsp3) is 0.700. The maximum atomic E-state index is 12.6. The van der Waals surface area contributed by atoms with Gasteiger partial charge < -0.3 is 15.2 Å². The summed E-state index contributed by atoms with van der Waals surface area (Å²) >= 11 is 0. The predicted molar refractivity (Wildman–Crippen MR) is 56.6 cm³/mol. The summed E-state index contributed by atoms with van der Waals surface area (Å²) in [6.07, 6.45) is -3.27. The zero-order chi connectivity index (χ0) is 13.8. The van der Waals surface area contributed by atoms with Crippen molar-refractivity contribution < 1.29 is 18.0 Å². The molecule has 0 radical (unpaired) electrons. The summed E-state index contributed by atoms with van der Waals surface area (Å²) in [5.41, 5.74) is 4.99. The molecule has 0 unspecified atom stereocenters. The van der Waals surface area contributed by atoms with Crippen molar-refractivity contribution >= 4 is 5.91 Å². The van der Waals surface area contributed by atoms with Crippen LogP contribution in [0.1, 0.15) is 24.5 Å². The summed E-state index contributed by atoms with van der Waals surface area (Å²) in [6.45, 7) is 0.270. The molecule has 9 heteroatoms.